The number of phenolic OH excluding ortho intramolecular Hbond substituents is 1. The van der Waals surface area contributed by atoms with E-state index in [1.807, 2.05) is 13.8 Å². The summed E-state index contributed by atoms with van der Waals surface area (Å²) in [5.74, 6) is -0.219. The minimum atomic E-state index is -3.63. The molecule has 0 heterocycles. The second kappa shape index (κ2) is 11.5. The highest BCUT2D eigenvalue weighted by atomic mass is 32.2. The maximum atomic E-state index is 12.4. The maximum absolute atomic E-state index is 12.4. The average molecular weight is 528 g/mol. The second-order valence-corrected chi connectivity index (χ2v) is 11.4. The van der Waals surface area contributed by atoms with Crippen molar-refractivity contribution in [3.05, 3.63) is 48.5 Å². The van der Waals surface area contributed by atoms with Gasteiger partial charge in [-0.2, -0.15) is 0 Å². The molecule has 3 rings (SSSR count). The van der Waals surface area contributed by atoms with Crippen LogP contribution in [0.1, 0.15) is 41.0 Å². The third-order valence-corrected chi connectivity index (χ3v) is 6.77. The lowest BCUT2D eigenvalue weighted by Crippen LogP contribution is -2.18. The highest BCUT2D eigenvalue weighted by Crippen LogP contribution is 2.44. The number of carbonyl (C=O) groups excluding carboxylic acids is 2. The Morgan fingerprint density at radius 2 is 1.65 bits per heavy atom. The van der Waals surface area contributed by atoms with Crippen molar-refractivity contribution in [3.63, 3.8) is 0 Å². The van der Waals surface area contributed by atoms with Crippen molar-refractivity contribution in [2.75, 3.05) is 21.1 Å². The van der Waals surface area contributed by atoms with Crippen LogP contribution < -0.4 is 20.1 Å². The molecule has 4 N–H and O–H groups in total. The van der Waals surface area contributed by atoms with Crippen LogP contribution in [0.25, 0.3) is 10.8 Å². The van der Waals surface area contributed by atoms with Crippen molar-refractivity contribution in [2.45, 2.75) is 41.0 Å². The number of hydrogen-bond donors (Lipinski definition) is 4. The second-order valence-electron chi connectivity index (χ2n) is 9.42. The highest BCUT2D eigenvalue weighted by Gasteiger charge is 2.20. The Kier molecular flexibility index (Phi) is 8.65. The minimum Gasteiger partial charge on any atom is -0.505 e. The van der Waals surface area contributed by atoms with Gasteiger partial charge in [-0.3, -0.25) is 14.3 Å². The first-order valence-corrected chi connectivity index (χ1v) is 13.7. The molecular weight excluding hydrogens is 494 g/mol. The molecule has 10 heteroatoms. The summed E-state index contributed by atoms with van der Waals surface area (Å²) in [6.45, 7) is 8.90. The van der Waals surface area contributed by atoms with Gasteiger partial charge in [0.15, 0.2) is 0 Å². The van der Waals surface area contributed by atoms with Gasteiger partial charge < -0.3 is 20.5 Å². The molecule has 198 valence electrons. The van der Waals surface area contributed by atoms with E-state index in [-0.39, 0.29) is 52.3 Å². The molecule has 2 amide bonds. The number of hydrogen-bond acceptors (Lipinski definition) is 6. The van der Waals surface area contributed by atoms with Gasteiger partial charge in [-0.1, -0.05) is 39.8 Å². The Morgan fingerprint density at radius 1 is 0.973 bits per heavy atom. The van der Waals surface area contributed by atoms with Crippen molar-refractivity contribution < 1.29 is 27.9 Å². The van der Waals surface area contributed by atoms with Crippen LogP contribution in [0, 0.1) is 11.8 Å². The van der Waals surface area contributed by atoms with Gasteiger partial charge >= 0.3 is 0 Å². The number of benzene rings is 3. The normalized spacial score (nSPS) is 11.5. The van der Waals surface area contributed by atoms with Crippen molar-refractivity contribution in [1.82, 2.24) is 0 Å². The number of carbonyl (C=O) groups is 2. The van der Waals surface area contributed by atoms with Crippen LogP contribution in [0.5, 0.6) is 17.2 Å². The van der Waals surface area contributed by atoms with E-state index in [1.54, 1.807) is 56.3 Å². The van der Waals surface area contributed by atoms with Crippen LogP contribution in [0.2, 0.25) is 0 Å². The summed E-state index contributed by atoms with van der Waals surface area (Å²) in [5, 5.41) is 17.1. The molecule has 0 aromatic heterocycles. The first kappa shape index (κ1) is 27.8. The number of rotatable bonds is 10. The summed E-state index contributed by atoms with van der Waals surface area (Å²) in [7, 11) is -3.63. The van der Waals surface area contributed by atoms with Crippen molar-refractivity contribution in [3.8, 4) is 17.2 Å². The van der Waals surface area contributed by atoms with Gasteiger partial charge in [0.2, 0.25) is 21.8 Å². The van der Waals surface area contributed by atoms with Crippen LogP contribution in [-0.2, 0) is 19.6 Å². The van der Waals surface area contributed by atoms with E-state index in [4.69, 9.17) is 4.74 Å². The predicted octanol–water partition coefficient (Wildman–Crippen LogP) is 5.68. The SMILES string of the molecule is CCS(=O)(=O)Nc1cccc2c(O)c(NC(=O)C(C)C)cc(Oc3ccc(NC(=O)CC(C)C)cc3)c12. The zero-order chi connectivity index (χ0) is 27.3. The lowest BCUT2D eigenvalue weighted by Gasteiger charge is -2.18. The van der Waals surface area contributed by atoms with Gasteiger partial charge in [0, 0.05) is 29.5 Å². The van der Waals surface area contributed by atoms with E-state index in [9.17, 15) is 23.1 Å². The zero-order valence-electron chi connectivity index (χ0n) is 21.6. The summed E-state index contributed by atoms with van der Waals surface area (Å²) in [6, 6.07) is 12.9. The fourth-order valence-corrected chi connectivity index (χ4v) is 4.18. The Hall–Kier alpha value is -3.79. The number of aromatic hydroxyl groups is 1. The lowest BCUT2D eigenvalue weighted by atomic mass is 10.0. The molecule has 3 aromatic carbocycles. The molecule has 0 aliphatic heterocycles. The first-order valence-electron chi connectivity index (χ1n) is 12.1. The molecule has 9 nitrogen and oxygen atoms in total. The zero-order valence-corrected chi connectivity index (χ0v) is 22.4. The van der Waals surface area contributed by atoms with Gasteiger partial charge in [0.25, 0.3) is 0 Å². The average Bonchev–Trinajstić information content (AvgIpc) is 2.82. The van der Waals surface area contributed by atoms with E-state index in [0.717, 1.165) is 0 Å². The molecule has 0 radical (unpaired) electrons. The van der Waals surface area contributed by atoms with Gasteiger partial charge in [-0.15, -0.1) is 0 Å². The number of anilines is 3. The number of nitrogens with one attached hydrogen (secondary N) is 3. The summed E-state index contributed by atoms with van der Waals surface area (Å²) >= 11 is 0. The van der Waals surface area contributed by atoms with Crippen LogP contribution in [-0.4, -0.2) is 31.1 Å². The van der Waals surface area contributed by atoms with E-state index < -0.39 is 10.0 Å². The third kappa shape index (κ3) is 7.13. The van der Waals surface area contributed by atoms with E-state index in [0.29, 0.717) is 28.6 Å². The number of fused-ring (bicyclic) bond motifs is 1. The predicted molar refractivity (Wildman–Crippen MR) is 147 cm³/mol. The molecule has 0 aliphatic rings. The summed E-state index contributed by atoms with van der Waals surface area (Å²) in [6.07, 6.45) is 0.402. The van der Waals surface area contributed by atoms with Crippen molar-refractivity contribution in [1.29, 1.82) is 0 Å². The van der Waals surface area contributed by atoms with Gasteiger partial charge in [0.1, 0.15) is 17.2 Å². The first-order chi connectivity index (χ1) is 17.4. The van der Waals surface area contributed by atoms with Crippen LogP contribution in [0.3, 0.4) is 0 Å². The van der Waals surface area contributed by atoms with E-state index >= 15 is 0 Å². The molecule has 0 saturated heterocycles. The number of ether oxygens (including phenoxy) is 1. The molecule has 0 atom stereocenters. The van der Waals surface area contributed by atoms with Gasteiger partial charge in [-0.25, -0.2) is 8.42 Å². The molecule has 0 spiro atoms. The highest BCUT2D eigenvalue weighted by molar-refractivity contribution is 7.92. The largest absolute Gasteiger partial charge is 0.505 e. The molecular formula is C27H33N3O6S. The smallest absolute Gasteiger partial charge is 0.232 e. The van der Waals surface area contributed by atoms with Crippen molar-refractivity contribution in [2.24, 2.45) is 11.8 Å². The maximum Gasteiger partial charge on any atom is 0.232 e. The van der Waals surface area contributed by atoms with Crippen LogP contribution in [0.4, 0.5) is 17.1 Å². The monoisotopic (exact) mass is 527 g/mol. The fraction of sp³-hybridized carbons (Fsp3) is 0.333. The van der Waals surface area contributed by atoms with Crippen molar-refractivity contribution >= 4 is 49.7 Å². The lowest BCUT2D eigenvalue weighted by molar-refractivity contribution is -0.119. The Balaban J connectivity index is 2.06. The minimum absolute atomic E-state index is 0.0911. The van der Waals surface area contributed by atoms with Gasteiger partial charge in [0.05, 0.1) is 22.5 Å². The molecule has 37 heavy (non-hydrogen) atoms. The van der Waals surface area contributed by atoms with E-state index in [1.165, 1.54) is 13.0 Å². The standard InChI is InChI=1S/C27H33N3O6S/c1-6-37(34,35)30-21-9-7-8-20-25(21)23(15-22(26(20)32)29-27(33)17(4)5)36-19-12-10-18(11-13-19)28-24(31)14-16(2)3/h7-13,15-17,30,32H,6,14H2,1-5H3,(H,28,31)(H,29,33). The Bertz CT molecular complexity index is 1400. The molecule has 0 aliphatic carbocycles. The van der Waals surface area contributed by atoms with E-state index in [2.05, 4.69) is 15.4 Å². The number of amides is 2. The summed E-state index contributed by atoms with van der Waals surface area (Å²) < 4.78 is 33.3. The fourth-order valence-electron chi connectivity index (χ4n) is 3.53. The Labute approximate surface area is 217 Å². The number of phenols is 1. The molecule has 3 aromatic rings. The van der Waals surface area contributed by atoms with Crippen LogP contribution in [0.15, 0.2) is 48.5 Å². The molecule has 0 unspecified atom stereocenters. The topological polar surface area (TPSA) is 134 Å². The van der Waals surface area contributed by atoms with Gasteiger partial charge in [-0.05, 0) is 43.2 Å². The molecule has 0 bridgehead atoms. The Morgan fingerprint density at radius 3 is 2.24 bits per heavy atom. The summed E-state index contributed by atoms with van der Waals surface area (Å²) in [5.41, 5.74) is 0.966. The molecule has 0 fully saturated rings. The number of sulfonamides is 1. The quantitative estimate of drug-likeness (QED) is 0.251. The third-order valence-electron chi connectivity index (χ3n) is 5.48. The summed E-state index contributed by atoms with van der Waals surface area (Å²) in [4.78, 5) is 24.4. The molecule has 0 saturated carbocycles. The van der Waals surface area contributed by atoms with Crippen LogP contribution >= 0.6 is 0 Å².